The number of carbonyl (C=O) groups is 1. The monoisotopic (exact) mass is 255 g/mol. The Morgan fingerprint density at radius 3 is 2.39 bits per heavy atom. The van der Waals surface area contributed by atoms with Gasteiger partial charge in [0.2, 0.25) is 5.91 Å². The normalized spacial score (nSPS) is 25.9. The summed E-state index contributed by atoms with van der Waals surface area (Å²) in [5.74, 6) is 0.141. The molecule has 4 nitrogen and oxygen atoms in total. The zero-order valence-corrected chi connectivity index (χ0v) is 11.3. The van der Waals surface area contributed by atoms with E-state index in [1.54, 1.807) is 0 Å². The van der Waals surface area contributed by atoms with E-state index in [0.29, 0.717) is 32.6 Å². The first-order valence-corrected chi connectivity index (χ1v) is 7.19. The van der Waals surface area contributed by atoms with Crippen molar-refractivity contribution in [1.29, 1.82) is 0 Å². The lowest BCUT2D eigenvalue weighted by Gasteiger charge is -2.34. The lowest BCUT2D eigenvalue weighted by molar-refractivity contribution is -0.133. The Labute approximate surface area is 109 Å². The summed E-state index contributed by atoms with van der Waals surface area (Å²) in [7, 11) is 0. The predicted octanol–water partition coefficient (Wildman–Crippen LogP) is 1.61. The summed E-state index contributed by atoms with van der Waals surface area (Å²) in [6.07, 6.45) is 6.44. The fourth-order valence-corrected chi connectivity index (χ4v) is 3.15. The molecule has 0 aromatic heterocycles. The molecule has 18 heavy (non-hydrogen) atoms. The zero-order chi connectivity index (χ0) is 13.1. The number of carbonyl (C=O) groups excluding carboxylic acids is 1. The van der Waals surface area contributed by atoms with Gasteiger partial charge in [-0.05, 0) is 19.3 Å². The van der Waals surface area contributed by atoms with Crippen LogP contribution in [0.2, 0.25) is 0 Å². The van der Waals surface area contributed by atoms with Crippen molar-refractivity contribution >= 4 is 5.91 Å². The van der Waals surface area contributed by atoms with E-state index in [1.807, 2.05) is 0 Å². The summed E-state index contributed by atoms with van der Waals surface area (Å²) in [5.41, 5.74) is -0.928. The smallest absolute Gasteiger partial charge is 0.226 e. The fourth-order valence-electron chi connectivity index (χ4n) is 3.15. The van der Waals surface area contributed by atoms with Crippen molar-refractivity contribution in [2.24, 2.45) is 5.41 Å². The fraction of sp³-hybridized carbons (Fsp3) is 0.929. The SMILES string of the molecule is CCC1(C(=O)NCC2(O)CCOCC2)CCCC1. The molecule has 2 rings (SSSR count). The Bertz CT molecular complexity index is 291. The average Bonchev–Trinajstić information content (AvgIpc) is 2.87. The van der Waals surface area contributed by atoms with Crippen molar-refractivity contribution in [1.82, 2.24) is 5.32 Å². The van der Waals surface area contributed by atoms with Gasteiger partial charge in [-0.15, -0.1) is 0 Å². The number of ether oxygens (including phenoxy) is 1. The molecule has 0 aromatic carbocycles. The first kappa shape index (κ1) is 13.8. The number of nitrogens with one attached hydrogen (secondary N) is 1. The highest BCUT2D eigenvalue weighted by Crippen LogP contribution is 2.41. The second-order valence-electron chi connectivity index (χ2n) is 5.86. The van der Waals surface area contributed by atoms with Crippen molar-refractivity contribution < 1.29 is 14.6 Å². The molecule has 0 bridgehead atoms. The molecule has 0 spiro atoms. The molecule has 2 N–H and O–H groups in total. The summed E-state index contributed by atoms with van der Waals surface area (Å²) >= 11 is 0. The number of hydrogen-bond acceptors (Lipinski definition) is 3. The Hall–Kier alpha value is -0.610. The second kappa shape index (κ2) is 5.57. The lowest BCUT2D eigenvalue weighted by atomic mass is 9.82. The van der Waals surface area contributed by atoms with E-state index in [-0.39, 0.29) is 11.3 Å². The molecule has 0 atom stereocenters. The van der Waals surface area contributed by atoms with Gasteiger partial charge in [-0.25, -0.2) is 0 Å². The molecule has 0 unspecified atom stereocenters. The van der Waals surface area contributed by atoms with Gasteiger partial charge in [0.05, 0.1) is 5.60 Å². The molecule has 1 aliphatic carbocycles. The van der Waals surface area contributed by atoms with Crippen LogP contribution in [-0.4, -0.2) is 36.4 Å². The van der Waals surface area contributed by atoms with Gasteiger partial charge in [0.15, 0.2) is 0 Å². The van der Waals surface area contributed by atoms with Crippen LogP contribution in [0.1, 0.15) is 51.9 Å². The maximum Gasteiger partial charge on any atom is 0.226 e. The third kappa shape index (κ3) is 2.86. The molecule has 1 heterocycles. The van der Waals surface area contributed by atoms with Gasteiger partial charge >= 0.3 is 0 Å². The summed E-state index contributed by atoms with van der Waals surface area (Å²) in [5, 5.41) is 13.3. The minimum atomic E-state index is -0.762. The molecular formula is C14H25NO3. The zero-order valence-electron chi connectivity index (χ0n) is 11.3. The van der Waals surface area contributed by atoms with Crippen LogP contribution in [-0.2, 0) is 9.53 Å². The van der Waals surface area contributed by atoms with Gasteiger partial charge in [-0.2, -0.15) is 0 Å². The lowest BCUT2D eigenvalue weighted by Crippen LogP contribution is -2.49. The van der Waals surface area contributed by atoms with Crippen LogP contribution in [0, 0.1) is 5.41 Å². The van der Waals surface area contributed by atoms with E-state index in [0.717, 1.165) is 32.1 Å². The van der Waals surface area contributed by atoms with E-state index < -0.39 is 5.60 Å². The van der Waals surface area contributed by atoms with Crippen molar-refractivity contribution in [3.8, 4) is 0 Å². The Morgan fingerprint density at radius 1 is 1.22 bits per heavy atom. The molecule has 104 valence electrons. The minimum absolute atomic E-state index is 0.141. The highest BCUT2D eigenvalue weighted by Gasteiger charge is 2.40. The summed E-state index contributed by atoms with van der Waals surface area (Å²) < 4.78 is 5.24. The standard InChI is InChI=1S/C14H25NO3/c1-2-13(5-3-4-6-13)12(16)15-11-14(17)7-9-18-10-8-14/h17H,2-11H2,1H3,(H,15,16). The molecule has 2 aliphatic rings. The summed E-state index contributed by atoms with van der Waals surface area (Å²) in [4.78, 5) is 12.3. The first-order valence-electron chi connectivity index (χ1n) is 7.19. The van der Waals surface area contributed by atoms with E-state index in [2.05, 4.69) is 12.2 Å². The van der Waals surface area contributed by atoms with Crippen LogP contribution in [0.5, 0.6) is 0 Å². The van der Waals surface area contributed by atoms with Crippen LogP contribution >= 0.6 is 0 Å². The topological polar surface area (TPSA) is 58.6 Å². The van der Waals surface area contributed by atoms with Crippen molar-refractivity contribution in [3.05, 3.63) is 0 Å². The molecule has 1 saturated carbocycles. The van der Waals surface area contributed by atoms with Crippen LogP contribution in [0.25, 0.3) is 0 Å². The van der Waals surface area contributed by atoms with Gasteiger partial charge in [0.25, 0.3) is 0 Å². The molecule has 1 aliphatic heterocycles. The van der Waals surface area contributed by atoms with Gasteiger partial charge in [0, 0.05) is 38.0 Å². The molecule has 2 fully saturated rings. The van der Waals surface area contributed by atoms with Crippen molar-refractivity contribution in [2.75, 3.05) is 19.8 Å². The highest BCUT2D eigenvalue weighted by atomic mass is 16.5. The van der Waals surface area contributed by atoms with Gasteiger partial charge < -0.3 is 15.2 Å². The number of amides is 1. The van der Waals surface area contributed by atoms with Crippen molar-refractivity contribution in [3.63, 3.8) is 0 Å². The van der Waals surface area contributed by atoms with E-state index in [1.165, 1.54) is 0 Å². The van der Waals surface area contributed by atoms with E-state index in [4.69, 9.17) is 4.74 Å². The average molecular weight is 255 g/mol. The Kier molecular flexibility index (Phi) is 4.28. The largest absolute Gasteiger partial charge is 0.388 e. The van der Waals surface area contributed by atoms with Crippen LogP contribution in [0.3, 0.4) is 0 Å². The third-order valence-corrected chi connectivity index (χ3v) is 4.72. The Balaban J connectivity index is 1.87. The van der Waals surface area contributed by atoms with Gasteiger partial charge in [-0.1, -0.05) is 19.8 Å². The maximum absolute atomic E-state index is 12.3. The summed E-state index contributed by atoms with van der Waals surface area (Å²) in [6.45, 7) is 3.64. The number of aliphatic hydroxyl groups is 1. The maximum atomic E-state index is 12.3. The molecule has 1 amide bonds. The quantitative estimate of drug-likeness (QED) is 0.802. The molecule has 0 aromatic rings. The number of hydrogen-bond donors (Lipinski definition) is 2. The minimum Gasteiger partial charge on any atom is -0.388 e. The number of rotatable bonds is 4. The van der Waals surface area contributed by atoms with Crippen LogP contribution in [0.4, 0.5) is 0 Å². The van der Waals surface area contributed by atoms with E-state index in [9.17, 15) is 9.90 Å². The molecule has 0 radical (unpaired) electrons. The summed E-state index contributed by atoms with van der Waals surface area (Å²) in [6, 6.07) is 0. The third-order valence-electron chi connectivity index (χ3n) is 4.72. The van der Waals surface area contributed by atoms with Crippen molar-refractivity contribution in [2.45, 2.75) is 57.5 Å². The molecular weight excluding hydrogens is 230 g/mol. The predicted molar refractivity (Wildman–Crippen MR) is 69.2 cm³/mol. The molecule has 1 saturated heterocycles. The van der Waals surface area contributed by atoms with Crippen LogP contribution < -0.4 is 5.32 Å². The molecule has 4 heteroatoms. The Morgan fingerprint density at radius 2 is 1.83 bits per heavy atom. The van der Waals surface area contributed by atoms with Crippen LogP contribution in [0.15, 0.2) is 0 Å². The highest BCUT2D eigenvalue weighted by molar-refractivity contribution is 5.82. The van der Waals surface area contributed by atoms with Gasteiger partial charge in [0.1, 0.15) is 0 Å². The first-order chi connectivity index (χ1) is 8.60. The van der Waals surface area contributed by atoms with Gasteiger partial charge in [-0.3, -0.25) is 4.79 Å². The second-order valence-corrected chi connectivity index (χ2v) is 5.86. The van der Waals surface area contributed by atoms with E-state index >= 15 is 0 Å².